The number of benzene rings is 4. The van der Waals surface area contributed by atoms with Crippen LogP contribution in [0.3, 0.4) is 0 Å². The lowest BCUT2D eigenvalue weighted by Gasteiger charge is -2.09. The third-order valence-corrected chi connectivity index (χ3v) is 6.55. The topological polar surface area (TPSA) is 22.8 Å². The number of fused-ring (bicyclic) bond motifs is 4. The summed E-state index contributed by atoms with van der Waals surface area (Å²) in [6.07, 6.45) is 2.12. The summed E-state index contributed by atoms with van der Waals surface area (Å²) in [5.74, 6) is 0.919. The van der Waals surface area contributed by atoms with E-state index in [1.165, 1.54) is 32.9 Å². The summed E-state index contributed by atoms with van der Waals surface area (Å²) in [4.78, 5) is 4.99. The maximum absolute atomic E-state index is 4.99. The Hall–Kier alpha value is -4.63. The Kier molecular flexibility index (Phi) is 4.15. The van der Waals surface area contributed by atoms with Gasteiger partial charge in [-0.1, -0.05) is 72.8 Å². The molecule has 7 rings (SSSR count). The molecule has 0 aliphatic rings. The van der Waals surface area contributed by atoms with Crippen LogP contribution in [0.15, 0.2) is 128 Å². The molecule has 3 nitrogen and oxygen atoms in total. The SMILES string of the molecule is c1ccc(-c2cccc(-n3ccc4cc5c(cc43)c3ccccc3n5-c3ccccc3)n2)cc1. The first-order chi connectivity index (χ1) is 16.9. The molecule has 0 atom stereocenters. The first-order valence-corrected chi connectivity index (χ1v) is 11.5. The van der Waals surface area contributed by atoms with E-state index >= 15 is 0 Å². The minimum Gasteiger partial charge on any atom is -0.309 e. The van der Waals surface area contributed by atoms with Crippen LogP contribution in [-0.4, -0.2) is 14.1 Å². The molecule has 7 aromatic rings. The fraction of sp³-hybridized carbons (Fsp3) is 0. The van der Waals surface area contributed by atoms with Crippen molar-refractivity contribution in [1.82, 2.24) is 14.1 Å². The first-order valence-electron chi connectivity index (χ1n) is 11.5. The van der Waals surface area contributed by atoms with Crippen molar-refractivity contribution in [2.24, 2.45) is 0 Å². The van der Waals surface area contributed by atoms with Crippen LogP contribution >= 0.6 is 0 Å². The number of rotatable bonds is 3. The van der Waals surface area contributed by atoms with Gasteiger partial charge < -0.3 is 9.13 Å². The summed E-state index contributed by atoms with van der Waals surface area (Å²) in [5, 5.41) is 3.69. The Bertz CT molecular complexity index is 1790. The van der Waals surface area contributed by atoms with Crippen molar-refractivity contribution in [1.29, 1.82) is 0 Å². The van der Waals surface area contributed by atoms with E-state index in [0.29, 0.717) is 0 Å². The monoisotopic (exact) mass is 435 g/mol. The molecule has 0 unspecified atom stereocenters. The Morgan fingerprint density at radius 2 is 1.29 bits per heavy atom. The van der Waals surface area contributed by atoms with Gasteiger partial charge >= 0.3 is 0 Å². The summed E-state index contributed by atoms with van der Waals surface area (Å²) >= 11 is 0. The number of hydrogen-bond donors (Lipinski definition) is 0. The maximum atomic E-state index is 4.99. The van der Waals surface area contributed by atoms with Crippen molar-refractivity contribution in [2.45, 2.75) is 0 Å². The maximum Gasteiger partial charge on any atom is 0.137 e. The van der Waals surface area contributed by atoms with E-state index in [-0.39, 0.29) is 0 Å². The molecule has 0 spiro atoms. The van der Waals surface area contributed by atoms with Crippen LogP contribution in [0.4, 0.5) is 0 Å². The zero-order chi connectivity index (χ0) is 22.5. The smallest absolute Gasteiger partial charge is 0.137 e. The molecule has 4 aromatic carbocycles. The first kappa shape index (κ1) is 18.9. The number of para-hydroxylation sites is 2. The third-order valence-electron chi connectivity index (χ3n) is 6.55. The molecular weight excluding hydrogens is 414 g/mol. The van der Waals surface area contributed by atoms with Crippen molar-refractivity contribution < 1.29 is 0 Å². The molecule has 0 radical (unpaired) electrons. The fourth-order valence-corrected chi connectivity index (χ4v) is 4.98. The highest BCUT2D eigenvalue weighted by atomic mass is 15.1. The average Bonchev–Trinajstić information content (AvgIpc) is 3.47. The fourth-order valence-electron chi connectivity index (χ4n) is 4.98. The minimum absolute atomic E-state index is 0.919. The van der Waals surface area contributed by atoms with Crippen molar-refractivity contribution in [2.75, 3.05) is 0 Å². The average molecular weight is 436 g/mol. The van der Waals surface area contributed by atoms with Crippen LogP contribution in [0.5, 0.6) is 0 Å². The molecule has 0 N–H and O–H groups in total. The van der Waals surface area contributed by atoms with Gasteiger partial charge in [0.1, 0.15) is 5.82 Å². The number of nitrogens with zero attached hydrogens (tertiary/aromatic N) is 3. The largest absolute Gasteiger partial charge is 0.309 e. The molecule has 0 bridgehead atoms. The van der Waals surface area contributed by atoms with Crippen molar-refractivity contribution in [3.8, 4) is 22.8 Å². The predicted molar refractivity (Wildman–Crippen MR) is 141 cm³/mol. The van der Waals surface area contributed by atoms with Crippen LogP contribution in [0.25, 0.3) is 55.5 Å². The van der Waals surface area contributed by atoms with Crippen LogP contribution in [0, 0.1) is 0 Å². The van der Waals surface area contributed by atoms with Crippen LogP contribution in [0.1, 0.15) is 0 Å². The highest BCUT2D eigenvalue weighted by Gasteiger charge is 2.15. The molecule has 0 saturated carbocycles. The summed E-state index contributed by atoms with van der Waals surface area (Å²) in [6.45, 7) is 0. The number of hydrogen-bond acceptors (Lipinski definition) is 1. The van der Waals surface area contributed by atoms with Gasteiger partial charge in [0.2, 0.25) is 0 Å². The quantitative estimate of drug-likeness (QED) is 0.278. The van der Waals surface area contributed by atoms with E-state index in [4.69, 9.17) is 4.98 Å². The molecule has 34 heavy (non-hydrogen) atoms. The van der Waals surface area contributed by atoms with Gasteiger partial charge in [0.25, 0.3) is 0 Å². The van der Waals surface area contributed by atoms with Gasteiger partial charge in [0.05, 0.1) is 22.2 Å². The van der Waals surface area contributed by atoms with E-state index < -0.39 is 0 Å². The zero-order valence-electron chi connectivity index (χ0n) is 18.5. The Labute approximate surface area is 197 Å². The lowest BCUT2D eigenvalue weighted by atomic mass is 10.1. The highest BCUT2D eigenvalue weighted by Crippen LogP contribution is 2.35. The lowest BCUT2D eigenvalue weighted by Crippen LogP contribution is -1.97. The molecule has 3 aromatic heterocycles. The van der Waals surface area contributed by atoms with Gasteiger partial charge in [-0.2, -0.15) is 0 Å². The van der Waals surface area contributed by atoms with E-state index in [1.807, 2.05) is 18.2 Å². The lowest BCUT2D eigenvalue weighted by molar-refractivity contribution is 1.05. The molecule has 160 valence electrons. The van der Waals surface area contributed by atoms with Gasteiger partial charge in [-0.05, 0) is 48.5 Å². The normalized spacial score (nSPS) is 11.5. The summed E-state index contributed by atoms with van der Waals surface area (Å²) in [5.41, 5.74) is 6.84. The van der Waals surface area contributed by atoms with Crippen molar-refractivity contribution in [3.63, 3.8) is 0 Å². The van der Waals surface area contributed by atoms with E-state index in [1.54, 1.807) is 0 Å². The second-order valence-corrected chi connectivity index (χ2v) is 8.55. The van der Waals surface area contributed by atoms with Gasteiger partial charge in [-0.3, -0.25) is 0 Å². The van der Waals surface area contributed by atoms with E-state index in [2.05, 4.69) is 118 Å². The Balaban J connectivity index is 1.48. The van der Waals surface area contributed by atoms with Crippen molar-refractivity contribution in [3.05, 3.63) is 128 Å². The van der Waals surface area contributed by atoms with Gasteiger partial charge in [-0.15, -0.1) is 0 Å². The zero-order valence-corrected chi connectivity index (χ0v) is 18.5. The van der Waals surface area contributed by atoms with Gasteiger partial charge in [0.15, 0.2) is 0 Å². The molecular formula is C31H21N3. The second-order valence-electron chi connectivity index (χ2n) is 8.55. The summed E-state index contributed by atoms with van der Waals surface area (Å²) in [6, 6.07) is 42.6. The Morgan fingerprint density at radius 1 is 0.529 bits per heavy atom. The molecule has 3 heterocycles. The van der Waals surface area contributed by atoms with Crippen LogP contribution in [0.2, 0.25) is 0 Å². The predicted octanol–water partition coefficient (Wildman–Crippen LogP) is 7.79. The summed E-state index contributed by atoms with van der Waals surface area (Å²) < 4.78 is 4.55. The molecule has 0 aliphatic carbocycles. The van der Waals surface area contributed by atoms with Crippen molar-refractivity contribution >= 4 is 32.7 Å². The van der Waals surface area contributed by atoms with Gasteiger partial charge in [0, 0.05) is 33.6 Å². The van der Waals surface area contributed by atoms with Crippen LogP contribution in [-0.2, 0) is 0 Å². The molecule has 0 fully saturated rings. The highest BCUT2D eigenvalue weighted by molar-refractivity contribution is 6.13. The van der Waals surface area contributed by atoms with E-state index in [9.17, 15) is 0 Å². The molecule has 0 aliphatic heterocycles. The third kappa shape index (κ3) is 2.87. The van der Waals surface area contributed by atoms with Gasteiger partial charge in [-0.25, -0.2) is 4.98 Å². The molecule has 0 amide bonds. The minimum atomic E-state index is 0.919. The second kappa shape index (κ2) is 7.46. The standard InChI is InChI=1S/C31H21N3/c1-3-10-22(11-4-1)27-15-9-17-31(32-27)33-19-18-23-20-30-26(21-29(23)33)25-14-7-8-16-28(25)34(30)24-12-5-2-6-13-24/h1-21H. The molecule has 0 saturated heterocycles. The Morgan fingerprint density at radius 3 is 2.15 bits per heavy atom. The molecule has 3 heteroatoms. The number of pyridine rings is 1. The van der Waals surface area contributed by atoms with E-state index in [0.717, 1.165) is 22.6 Å². The van der Waals surface area contributed by atoms with Crippen LogP contribution < -0.4 is 0 Å². The number of aromatic nitrogens is 3. The summed E-state index contributed by atoms with van der Waals surface area (Å²) in [7, 11) is 0.